The zero-order valence-electron chi connectivity index (χ0n) is 19.2. The number of rotatable bonds is 6. The molecule has 0 aliphatic carbocycles. The molecule has 2 heterocycles. The molecule has 33 heavy (non-hydrogen) atoms. The van der Waals surface area contributed by atoms with Gasteiger partial charge in [-0.2, -0.15) is 0 Å². The van der Waals surface area contributed by atoms with Gasteiger partial charge in [0.25, 0.3) is 0 Å². The van der Waals surface area contributed by atoms with Crippen LogP contribution in [0.15, 0.2) is 84.9 Å². The molecule has 4 nitrogen and oxygen atoms in total. The second-order valence-corrected chi connectivity index (χ2v) is 8.88. The topological polar surface area (TPSA) is 40.6 Å². The molecule has 0 fully saturated rings. The molecule has 0 spiro atoms. The van der Waals surface area contributed by atoms with Crippen LogP contribution in [0, 0.1) is 0 Å². The Morgan fingerprint density at radius 2 is 1.52 bits per heavy atom. The van der Waals surface area contributed by atoms with E-state index in [1.807, 2.05) is 60.7 Å². The lowest BCUT2D eigenvalue weighted by atomic mass is 9.94. The largest absolute Gasteiger partial charge is 0.497 e. The highest BCUT2D eigenvalue weighted by atomic mass is 16.5. The van der Waals surface area contributed by atoms with Gasteiger partial charge >= 0.3 is 0 Å². The van der Waals surface area contributed by atoms with Crippen LogP contribution in [0.2, 0.25) is 0 Å². The van der Waals surface area contributed by atoms with Crippen LogP contribution >= 0.6 is 0 Å². The predicted molar refractivity (Wildman–Crippen MR) is 132 cm³/mol. The molecule has 0 radical (unpaired) electrons. The van der Waals surface area contributed by atoms with E-state index in [4.69, 9.17) is 14.2 Å². The summed E-state index contributed by atoms with van der Waals surface area (Å²) >= 11 is 0. The molecule has 4 aromatic rings. The number of ether oxygens (including phenoxy) is 3. The molecule has 0 saturated carbocycles. The number of hydrogen-bond acceptors (Lipinski definition) is 4. The van der Waals surface area contributed by atoms with Crippen molar-refractivity contribution >= 4 is 22.2 Å². The van der Waals surface area contributed by atoms with E-state index in [0.717, 1.165) is 51.4 Å². The van der Waals surface area contributed by atoms with E-state index in [1.54, 1.807) is 7.11 Å². The second kappa shape index (κ2) is 8.62. The number of methoxy groups -OCH3 is 1. The summed E-state index contributed by atoms with van der Waals surface area (Å²) in [5, 5.41) is 1.13. The maximum Gasteiger partial charge on any atom is 0.131 e. The van der Waals surface area contributed by atoms with Crippen molar-refractivity contribution in [2.45, 2.75) is 32.5 Å². The minimum atomic E-state index is -0.248. The molecule has 4 heteroatoms. The van der Waals surface area contributed by atoms with E-state index in [9.17, 15) is 0 Å². The summed E-state index contributed by atoms with van der Waals surface area (Å²) in [6.07, 6.45) is 0.843. The summed E-state index contributed by atoms with van der Waals surface area (Å²) in [5.41, 5.74) is 5.04. The van der Waals surface area contributed by atoms with Crippen molar-refractivity contribution in [1.82, 2.24) is 4.98 Å². The molecule has 1 aromatic heterocycles. The molecule has 0 bridgehead atoms. The summed E-state index contributed by atoms with van der Waals surface area (Å²) in [6.45, 7) is 4.68. The number of para-hydroxylation sites is 1. The van der Waals surface area contributed by atoms with Crippen LogP contribution in [0.5, 0.6) is 11.5 Å². The van der Waals surface area contributed by atoms with E-state index in [-0.39, 0.29) is 5.60 Å². The van der Waals surface area contributed by atoms with E-state index in [2.05, 4.69) is 43.1 Å². The Labute approximate surface area is 194 Å². The Morgan fingerprint density at radius 3 is 2.27 bits per heavy atom. The van der Waals surface area contributed by atoms with Crippen LogP contribution in [0.3, 0.4) is 0 Å². The Hall–Kier alpha value is -3.79. The number of nitrogens with zero attached hydrogens (tertiary/aromatic N) is 1. The van der Waals surface area contributed by atoms with Gasteiger partial charge in [0.2, 0.25) is 0 Å². The first-order chi connectivity index (χ1) is 16.0. The van der Waals surface area contributed by atoms with E-state index >= 15 is 0 Å². The van der Waals surface area contributed by atoms with Gasteiger partial charge in [-0.25, -0.2) is 4.98 Å². The van der Waals surface area contributed by atoms with Crippen LogP contribution < -0.4 is 9.47 Å². The number of fused-ring (bicyclic) bond motifs is 1. The number of hydrogen-bond donors (Lipinski definition) is 0. The van der Waals surface area contributed by atoms with Crippen molar-refractivity contribution in [3.8, 4) is 11.5 Å². The van der Waals surface area contributed by atoms with E-state index in [0.29, 0.717) is 6.61 Å². The second-order valence-electron chi connectivity index (χ2n) is 8.88. The monoisotopic (exact) mass is 437 g/mol. The molecule has 1 aliphatic heterocycles. The fourth-order valence-electron chi connectivity index (χ4n) is 4.19. The zero-order chi connectivity index (χ0) is 22.8. The lowest BCUT2D eigenvalue weighted by Gasteiger charge is -2.19. The molecule has 0 unspecified atom stereocenters. The van der Waals surface area contributed by atoms with Crippen LogP contribution in [-0.2, 0) is 11.3 Å². The van der Waals surface area contributed by atoms with Gasteiger partial charge in [0.1, 0.15) is 29.5 Å². The molecule has 0 amide bonds. The van der Waals surface area contributed by atoms with Crippen LogP contribution in [0.1, 0.15) is 37.1 Å². The first-order valence-electron chi connectivity index (χ1n) is 11.2. The minimum Gasteiger partial charge on any atom is -0.497 e. The van der Waals surface area contributed by atoms with Crippen LogP contribution in [-0.4, -0.2) is 17.7 Å². The van der Waals surface area contributed by atoms with Gasteiger partial charge in [0.15, 0.2) is 0 Å². The smallest absolute Gasteiger partial charge is 0.131 e. The molecular formula is C29H27NO3. The zero-order valence-corrected chi connectivity index (χ0v) is 19.2. The van der Waals surface area contributed by atoms with E-state index < -0.39 is 0 Å². The lowest BCUT2D eigenvalue weighted by Crippen LogP contribution is -2.17. The maximum atomic E-state index is 6.35. The third kappa shape index (κ3) is 4.56. The summed E-state index contributed by atoms with van der Waals surface area (Å²) < 4.78 is 17.7. The number of benzene rings is 3. The number of aromatic nitrogens is 1. The van der Waals surface area contributed by atoms with Crippen molar-refractivity contribution in [3.05, 3.63) is 102 Å². The summed E-state index contributed by atoms with van der Waals surface area (Å²) in [7, 11) is 1.68. The van der Waals surface area contributed by atoms with Gasteiger partial charge < -0.3 is 14.2 Å². The van der Waals surface area contributed by atoms with Gasteiger partial charge in [0, 0.05) is 22.9 Å². The molecule has 0 N–H and O–H groups in total. The third-order valence-electron chi connectivity index (χ3n) is 5.85. The normalized spacial score (nSPS) is 14.9. The van der Waals surface area contributed by atoms with Crippen LogP contribution in [0.4, 0.5) is 0 Å². The van der Waals surface area contributed by atoms with Crippen molar-refractivity contribution in [1.29, 1.82) is 0 Å². The average Bonchev–Trinajstić information content (AvgIpc) is 3.18. The van der Waals surface area contributed by atoms with Crippen molar-refractivity contribution < 1.29 is 14.2 Å². The Bertz CT molecular complexity index is 1310. The molecule has 1 aliphatic rings. The first-order valence-corrected chi connectivity index (χ1v) is 11.2. The van der Waals surface area contributed by atoms with Gasteiger partial charge in [-0.3, -0.25) is 0 Å². The highest BCUT2D eigenvalue weighted by Gasteiger charge is 2.33. The highest BCUT2D eigenvalue weighted by molar-refractivity contribution is 5.90. The summed E-state index contributed by atoms with van der Waals surface area (Å²) in [5.74, 6) is 2.58. The fourth-order valence-corrected chi connectivity index (χ4v) is 4.19. The van der Waals surface area contributed by atoms with Crippen molar-refractivity contribution in [2.75, 3.05) is 7.11 Å². The molecule has 3 aromatic carbocycles. The fraction of sp³-hybridized carbons (Fsp3) is 0.207. The maximum absolute atomic E-state index is 6.35. The molecule has 0 atom stereocenters. The molecule has 166 valence electrons. The summed E-state index contributed by atoms with van der Waals surface area (Å²) in [4.78, 5) is 4.68. The number of pyridine rings is 1. The average molecular weight is 438 g/mol. The predicted octanol–water partition coefficient (Wildman–Crippen LogP) is 6.89. The molecule has 0 saturated heterocycles. The Kier molecular flexibility index (Phi) is 5.51. The van der Waals surface area contributed by atoms with Gasteiger partial charge in [-0.05, 0) is 67.9 Å². The Balaban J connectivity index is 1.35. The van der Waals surface area contributed by atoms with Crippen molar-refractivity contribution in [3.63, 3.8) is 0 Å². The quantitative estimate of drug-likeness (QED) is 0.329. The lowest BCUT2D eigenvalue weighted by molar-refractivity contribution is 0.101. The van der Waals surface area contributed by atoms with E-state index in [1.165, 1.54) is 5.57 Å². The first kappa shape index (κ1) is 21.1. The van der Waals surface area contributed by atoms with Gasteiger partial charge in [-0.15, -0.1) is 0 Å². The SMILES string of the molecule is COc1ccc(C2=C(c3ccc(OCc4ccc5ccccc5n4)cc3)CC(C)(C)O2)cc1. The highest BCUT2D eigenvalue weighted by Crippen LogP contribution is 2.44. The molecule has 5 rings (SSSR count). The summed E-state index contributed by atoms with van der Waals surface area (Å²) in [6, 6.07) is 28.5. The van der Waals surface area contributed by atoms with Gasteiger partial charge in [-0.1, -0.05) is 36.4 Å². The molecular weight excluding hydrogens is 410 g/mol. The van der Waals surface area contributed by atoms with Gasteiger partial charge in [0.05, 0.1) is 18.3 Å². The van der Waals surface area contributed by atoms with Crippen LogP contribution in [0.25, 0.3) is 22.2 Å². The standard InChI is InChI=1S/C29H27NO3/c1-29(2)18-26(28(33-29)22-11-14-24(31-3)15-12-22)20-9-16-25(17-10-20)32-19-23-13-8-21-6-4-5-7-27(21)30-23/h4-17H,18-19H2,1-3H3. The Morgan fingerprint density at radius 1 is 0.818 bits per heavy atom. The van der Waals surface area contributed by atoms with Crippen molar-refractivity contribution in [2.24, 2.45) is 0 Å². The third-order valence-corrected chi connectivity index (χ3v) is 5.85. The minimum absolute atomic E-state index is 0.248.